The van der Waals surface area contributed by atoms with Crippen molar-refractivity contribution in [1.82, 2.24) is 10.6 Å². The molecule has 21 heavy (non-hydrogen) atoms. The molecule has 0 unspecified atom stereocenters. The number of benzene rings is 1. The Morgan fingerprint density at radius 1 is 1.38 bits per heavy atom. The number of halogens is 1. The van der Waals surface area contributed by atoms with Crippen LogP contribution in [0.4, 0.5) is 0 Å². The van der Waals surface area contributed by atoms with Crippen molar-refractivity contribution in [3.8, 4) is 5.75 Å². The SMILES string of the molecule is CCOc1ccc(CCC(=O)N[C@H]2CCCNC2)cc1.Cl. The third-order valence-electron chi connectivity index (χ3n) is 3.54. The van der Waals surface area contributed by atoms with Gasteiger partial charge in [0.1, 0.15) is 5.75 Å². The van der Waals surface area contributed by atoms with Crippen molar-refractivity contribution in [3.63, 3.8) is 0 Å². The molecule has 0 bridgehead atoms. The molecule has 0 spiro atoms. The van der Waals surface area contributed by atoms with Crippen LogP contribution in [0.3, 0.4) is 0 Å². The number of hydrogen-bond acceptors (Lipinski definition) is 3. The number of nitrogens with one attached hydrogen (secondary N) is 2. The Morgan fingerprint density at radius 3 is 2.76 bits per heavy atom. The fourth-order valence-electron chi connectivity index (χ4n) is 2.45. The fraction of sp³-hybridized carbons (Fsp3) is 0.562. The molecular weight excluding hydrogens is 288 g/mol. The number of carbonyl (C=O) groups is 1. The fourth-order valence-corrected chi connectivity index (χ4v) is 2.45. The molecule has 1 amide bonds. The number of ether oxygens (including phenoxy) is 1. The molecule has 1 aliphatic rings. The van der Waals surface area contributed by atoms with E-state index >= 15 is 0 Å². The van der Waals surface area contributed by atoms with Crippen molar-refractivity contribution < 1.29 is 9.53 Å². The Labute approximate surface area is 133 Å². The summed E-state index contributed by atoms with van der Waals surface area (Å²) in [5, 5.41) is 6.40. The Hall–Kier alpha value is -1.26. The summed E-state index contributed by atoms with van der Waals surface area (Å²) >= 11 is 0. The average molecular weight is 313 g/mol. The minimum Gasteiger partial charge on any atom is -0.494 e. The lowest BCUT2D eigenvalue weighted by atomic mass is 10.1. The monoisotopic (exact) mass is 312 g/mol. The average Bonchev–Trinajstić information content (AvgIpc) is 2.48. The Kier molecular flexibility index (Phi) is 8.16. The van der Waals surface area contributed by atoms with Crippen LogP contribution in [0.1, 0.15) is 31.7 Å². The predicted octanol–water partition coefficient (Wildman–Crippen LogP) is 2.31. The molecular formula is C16H25ClN2O2. The van der Waals surface area contributed by atoms with Crippen LogP contribution >= 0.6 is 12.4 Å². The first-order chi connectivity index (χ1) is 9.78. The van der Waals surface area contributed by atoms with Crippen LogP contribution in [0.2, 0.25) is 0 Å². The van der Waals surface area contributed by atoms with Gasteiger partial charge in [-0.15, -0.1) is 12.4 Å². The molecule has 118 valence electrons. The van der Waals surface area contributed by atoms with E-state index in [1.165, 1.54) is 5.56 Å². The summed E-state index contributed by atoms with van der Waals surface area (Å²) in [5.41, 5.74) is 1.17. The van der Waals surface area contributed by atoms with Crippen molar-refractivity contribution in [1.29, 1.82) is 0 Å². The highest BCUT2D eigenvalue weighted by Gasteiger charge is 2.14. The number of amides is 1. The minimum absolute atomic E-state index is 0. The second-order valence-electron chi connectivity index (χ2n) is 5.19. The highest BCUT2D eigenvalue weighted by atomic mass is 35.5. The molecule has 0 aromatic heterocycles. The summed E-state index contributed by atoms with van der Waals surface area (Å²) in [4.78, 5) is 11.9. The zero-order valence-corrected chi connectivity index (χ0v) is 13.4. The first kappa shape index (κ1) is 17.8. The zero-order chi connectivity index (χ0) is 14.2. The summed E-state index contributed by atoms with van der Waals surface area (Å²) in [6, 6.07) is 8.28. The van der Waals surface area contributed by atoms with Gasteiger partial charge in [0.2, 0.25) is 5.91 Å². The van der Waals surface area contributed by atoms with Crippen LogP contribution in [0, 0.1) is 0 Å². The van der Waals surface area contributed by atoms with Gasteiger partial charge in [-0.05, 0) is 50.4 Å². The van der Waals surface area contributed by atoms with E-state index in [0.29, 0.717) is 19.1 Å². The molecule has 1 saturated heterocycles. The van der Waals surface area contributed by atoms with Crippen molar-refractivity contribution >= 4 is 18.3 Å². The topological polar surface area (TPSA) is 50.4 Å². The van der Waals surface area contributed by atoms with Gasteiger partial charge < -0.3 is 15.4 Å². The van der Waals surface area contributed by atoms with Crippen molar-refractivity contribution in [3.05, 3.63) is 29.8 Å². The van der Waals surface area contributed by atoms with Gasteiger partial charge in [-0.25, -0.2) is 0 Å². The van der Waals surface area contributed by atoms with E-state index in [-0.39, 0.29) is 18.3 Å². The number of aryl methyl sites for hydroxylation is 1. The third-order valence-corrected chi connectivity index (χ3v) is 3.54. The Bertz CT molecular complexity index is 417. The lowest BCUT2D eigenvalue weighted by Gasteiger charge is -2.23. The number of piperidine rings is 1. The predicted molar refractivity (Wildman–Crippen MR) is 87.2 cm³/mol. The van der Waals surface area contributed by atoms with Crippen LogP contribution in [0.25, 0.3) is 0 Å². The van der Waals surface area contributed by atoms with E-state index < -0.39 is 0 Å². The van der Waals surface area contributed by atoms with Crippen molar-refractivity contribution in [2.45, 2.75) is 38.6 Å². The number of hydrogen-bond donors (Lipinski definition) is 2. The maximum atomic E-state index is 11.9. The summed E-state index contributed by atoms with van der Waals surface area (Å²) in [5.74, 6) is 1.03. The first-order valence-electron chi connectivity index (χ1n) is 7.49. The largest absolute Gasteiger partial charge is 0.494 e. The number of carbonyl (C=O) groups excluding carboxylic acids is 1. The quantitative estimate of drug-likeness (QED) is 0.847. The number of rotatable bonds is 6. The molecule has 1 atom stereocenters. The smallest absolute Gasteiger partial charge is 0.220 e. The van der Waals surface area contributed by atoms with Gasteiger partial charge in [-0.2, -0.15) is 0 Å². The molecule has 2 N–H and O–H groups in total. The molecule has 0 aliphatic carbocycles. The first-order valence-corrected chi connectivity index (χ1v) is 7.49. The molecule has 1 aromatic rings. The lowest BCUT2D eigenvalue weighted by molar-refractivity contribution is -0.121. The van der Waals surface area contributed by atoms with Gasteiger partial charge in [-0.1, -0.05) is 12.1 Å². The summed E-state index contributed by atoms with van der Waals surface area (Å²) in [6.07, 6.45) is 3.55. The minimum atomic E-state index is 0. The zero-order valence-electron chi connectivity index (χ0n) is 12.6. The maximum absolute atomic E-state index is 11.9. The third kappa shape index (κ3) is 6.36. The van der Waals surface area contributed by atoms with Crippen LogP contribution in [0.15, 0.2) is 24.3 Å². The van der Waals surface area contributed by atoms with Gasteiger partial charge in [0.25, 0.3) is 0 Å². The van der Waals surface area contributed by atoms with Crippen LogP contribution in [0.5, 0.6) is 5.75 Å². The van der Waals surface area contributed by atoms with E-state index in [4.69, 9.17) is 4.74 Å². The second kappa shape index (κ2) is 9.64. The van der Waals surface area contributed by atoms with Gasteiger partial charge >= 0.3 is 0 Å². The lowest BCUT2D eigenvalue weighted by Crippen LogP contribution is -2.45. The van der Waals surface area contributed by atoms with E-state index in [1.54, 1.807) is 0 Å². The van der Waals surface area contributed by atoms with E-state index in [1.807, 2.05) is 31.2 Å². The van der Waals surface area contributed by atoms with Crippen molar-refractivity contribution in [2.24, 2.45) is 0 Å². The van der Waals surface area contributed by atoms with E-state index in [2.05, 4.69) is 10.6 Å². The van der Waals surface area contributed by atoms with Crippen LogP contribution in [-0.4, -0.2) is 31.6 Å². The summed E-state index contributed by atoms with van der Waals surface area (Å²) in [6.45, 7) is 4.61. The Balaban J connectivity index is 0.00000220. The van der Waals surface area contributed by atoms with Gasteiger partial charge in [0.15, 0.2) is 0 Å². The van der Waals surface area contributed by atoms with Crippen LogP contribution < -0.4 is 15.4 Å². The van der Waals surface area contributed by atoms with Gasteiger partial charge in [0.05, 0.1) is 6.61 Å². The summed E-state index contributed by atoms with van der Waals surface area (Å²) in [7, 11) is 0. The van der Waals surface area contributed by atoms with Gasteiger partial charge in [-0.3, -0.25) is 4.79 Å². The van der Waals surface area contributed by atoms with E-state index in [0.717, 1.165) is 38.1 Å². The van der Waals surface area contributed by atoms with Crippen molar-refractivity contribution in [2.75, 3.05) is 19.7 Å². The normalized spacial score (nSPS) is 17.7. The molecule has 1 heterocycles. The van der Waals surface area contributed by atoms with Gasteiger partial charge in [0, 0.05) is 19.0 Å². The Morgan fingerprint density at radius 2 is 2.14 bits per heavy atom. The molecule has 2 rings (SSSR count). The summed E-state index contributed by atoms with van der Waals surface area (Å²) < 4.78 is 5.40. The molecule has 0 saturated carbocycles. The second-order valence-corrected chi connectivity index (χ2v) is 5.19. The molecule has 4 nitrogen and oxygen atoms in total. The molecule has 5 heteroatoms. The molecule has 1 aromatic carbocycles. The standard InChI is InChI=1S/C16H24N2O2.ClH/c1-2-20-15-8-5-13(6-9-15)7-10-16(19)18-14-4-3-11-17-12-14;/h5-6,8-9,14,17H,2-4,7,10-12H2,1H3,(H,18,19);1H/t14-;/m0./s1. The molecule has 0 radical (unpaired) electrons. The highest BCUT2D eigenvalue weighted by molar-refractivity contribution is 5.85. The highest BCUT2D eigenvalue weighted by Crippen LogP contribution is 2.13. The van der Waals surface area contributed by atoms with Crippen LogP contribution in [-0.2, 0) is 11.2 Å². The molecule has 1 aliphatic heterocycles. The maximum Gasteiger partial charge on any atom is 0.220 e. The van der Waals surface area contributed by atoms with E-state index in [9.17, 15) is 4.79 Å². The molecule has 1 fully saturated rings.